The molecule has 0 aliphatic carbocycles. The third kappa shape index (κ3) is 3.05. The zero-order valence-electron chi connectivity index (χ0n) is 10.3. The van der Waals surface area contributed by atoms with Crippen molar-refractivity contribution in [2.75, 3.05) is 0 Å². The first-order valence-electron chi connectivity index (χ1n) is 5.67. The SMILES string of the molecule is Cc1cc(CC(N)c2cc(Cl)cc(Cl)c2)n(C)n1. The molecule has 18 heavy (non-hydrogen) atoms. The van der Waals surface area contributed by atoms with Crippen LogP contribution >= 0.6 is 23.2 Å². The van der Waals surface area contributed by atoms with E-state index in [1.54, 1.807) is 6.07 Å². The second kappa shape index (κ2) is 5.31. The molecule has 0 amide bonds. The number of nitrogens with zero attached hydrogens (tertiary/aromatic N) is 2. The van der Waals surface area contributed by atoms with Gasteiger partial charge in [0.2, 0.25) is 0 Å². The van der Waals surface area contributed by atoms with Crippen molar-refractivity contribution in [3.8, 4) is 0 Å². The molecule has 1 aromatic carbocycles. The van der Waals surface area contributed by atoms with Crippen LogP contribution in [0.4, 0.5) is 0 Å². The smallest absolute Gasteiger partial charge is 0.0596 e. The number of benzene rings is 1. The molecule has 1 atom stereocenters. The number of hydrogen-bond acceptors (Lipinski definition) is 2. The van der Waals surface area contributed by atoms with Gasteiger partial charge in [-0.25, -0.2) is 0 Å². The van der Waals surface area contributed by atoms with Gasteiger partial charge in [0.25, 0.3) is 0 Å². The van der Waals surface area contributed by atoms with Gasteiger partial charge in [0, 0.05) is 35.2 Å². The molecule has 2 aromatic rings. The maximum Gasteiger partial charge on any atom is 0.0596 e. The molecule has 0 saturated carbocycles. The summed E-state index contributed by atoms with van der Waals surface area (Å²) in [7, 11) is 1.92. The van der Waals surface area contributed by atoms with E-state index in [0.717, 1.165) is 17.0 Å². The van der Waals surface area contributed by atoms with E-state index >= 15 is 0 Å². The number of aromatic nitrogens is 2. The average Bonchev–Trinajstić information content (AvgIpc) is 2.56. The predicted octanol–water partition coefficient (Wildman–Crippen LogP) is 3.28. The zero-order valence-corrected chi connectivity index (χ0v) is 11.8. The number of rotatable bonds is 3. The fourth-order valence-electron chi connectivity index (χ4n) is 1.99. The van der Waals surface area contributed by atoms with Crippen LogP contribution in [0.1, 0.15) is 23.0 Å². The molecular formula is C13H15Cl2N3. The van der Waals surface area contributed by atoms with Gasteiger partial charge in [0.15, 0.2) is 0 Å². The summed E-state index contributed by atoms with van der Waals surface area (Å²) in [6, 6.07) is 7.29. The summed E-state index contributed by atoms with van der Waals surface area (Å²) < 4.78 is 1.85. The van der Waals surface area contributed by atoms with Crippen molar-refractivity contribution in [3.05, 3.63) is 51.3 Å². The molecule has 2 N–H and O–H groups in total. The van der Waals surface area contributed by atoms with Crippen molar-refractivity contribution in [2.45, 2.75) is 19.4 Å². The minimum Gasteiger partial charge on any atom is -0.324 e. The van der Waals surface area contributed by atoms with Crippen LogP contribution in [0.5, 0.6) is 0 Å². The van der Waals surface area contributed by atoms with E-state index in [4.69, 9.17) is 28.9 Å². The molecule has 0 aliphatic heterocycles. The van der Waals surface area contributed by atoms with E-state index in [0.29, 0.717) is 16.5 Å². The van der Waals surface area contributed by atoms with Gasteiger partial charge in [0.1, 0.15) is 0 Å². The Morgan fingerprint density at radius 2 is 1.83 bits per heavy atom. The summed E-state index contributed by atoms with van der Waals surface area (Å²) in [6.45, 7) is 1.96. The molecule has 1 unspecified atom stereocenters. The first kappa shape index (κ1) is 13.4. The fraction of sp³-hybridized carbons (Fsp3) is 0.308. The Kier molecular flexibility index (Phi) is 3.95. The topological polar surface area (TPSA) is 43.8 Å². The molecule has 1 heterocycles. The molecule has 2 rings (SSSR count). The summed E-state index contributed by atoms with van der Waals surface area (Å²) in [4.78, 5) is 0. The van der Waals surface area contributed by atoms with Crippen LogP contribution in [0, 0.1) is 6.92 Å². The van der Waals surface area contributed by atoms with Crippen molar-refractivity contribution < 1.29 is 0 Å². The molecule has 3 nitrogen and oxygen atoms in total. The summed E-state index contributed by atoms with van der Waals surface area (Å²) in [6.07, 6.45) is 0.702. The Morgan fingerprint density at radius 3 is 2.33 bits per heavy atom. The molecule has 0 spiro atoms. The van der Waals surface area contributed by atoms with Crippen molar-refractivity contribution in [1.82, 2.24) is 9.78 Å². The standard InChI is InChI=1S/C13H15Cl2N3/c1-8-3-12(18(2)17-8)7-13(16)9-4-10(14)6-11(15)5-9/h3-6,13H,7,16H2,1-2H3. The predicted molar refractivity (Wildman–Crippen MR) is 75.0 cm³/mol. The maximum atomic E-state index is 6.18. The lowest BCUT2D eigenvalue weighted by Gasteiger charge is -2.13. The van der Waals surface area contributed by atoms with E-state index in [9.17, 15) is 0 Å². The van der Waals surface area contributed by atoms with Crippen LogP contribution in [0.2, 0.25) is 10.0 Å². The molecule has 1 aromatic heterocycles. The fourth-order valence-corrected chi connectivity index (χ4v) is 2.53. The van der Waals surface area contributed by atoms with E-state index in [1.165, 1.54) is 0 Å². The van der Waals surface area contributed by atoms with Crippen LogP contribution in [-0.4, -0.2) is 9.78 Å². The maximum absolute atomic E-state index is 6.18. The monoisotopic (exact) mass is 283 g/mol. The van der Waals surface area contributed by atoms with Gasteiger partial charge in [-0.2, -0.15) is 5.10 Å². The molecule has 0 bridgehead atoms. The second-order valence-electron chi connectivity index (χ2n) is 4.41. The first-order valence-corrected chi connectivity index (χ1v) is 6.42. The highest BCUT2D eigenvalue weighted by Crippen LogP contribution is 2.24. The van der Waals surface area contributed by atoms with Crippen molar-refractivity contribution >= 4 is 23.2 Å². The number of halogens is 2. The first-order chi connectivity index (χ1) is 8.45. The van der Waals surface area contributed by atoms with Crippen molar-refractivity contribution in [2.24, 2.45) is 12.8 Å². The van der Waals surface area contributed by atoms with Gasteiger partial charge in [-0.05, 0) is 36.8 Å². The highest BCUT2D eigenvalue weighted by atomic mass is 35.5. The molecular weight excluding hydrogens is 269 g/mol. The number of aryl methyl sites for hydroxylation is 2. The Hall–Kier alpha value is -1.03. The third-order valence-corrected chi connectivity index (χ3v) is 3.28. The lowest BCUT2D eigenvalue weighted by molar-refractivity contribution is 0.640. The second-order valence-corrected chi connectivity index (χ2v) is 5.29. The average molecular weight is 284 g/mol. The molecule has 0 saturated heterocycles. The third-order valence-electron chi connectivity index (χ3n) is 2.84. The van der Waals surface area contributed by atoms with Crippen LogP contribution in [0.15, 0.2) is 24.3 Å². The van der Waals surface area contributed by atoms with Crippen molar-refractivity contribution in [3.63, 3.8) is 0 Å². The summed E-state index contributed by atoms with van der Waals surface area (Å²) in [5, 5.41) is 5.51. The van der Waals surface area contributed by atoms with E-state index in [1.807, 2.05) is 36.9 Å². The lowest BCUT2D eigenvalue weighted by atomic mass is 10.0. The largest absolute Gasteiger partial charge is 0.324 e. The number of nitrogens with two attached hydrogens (primary N) is 1. The summed E-state index contributed by atoms with van der Waals surface area (Å²) in [5.74, 6) is 0. The number of hydrogen-bond donors (Lipinski definition) is 1. The van der Waals surface area contributed by atoms with Crippen LogP contribution < -0.4 is 5.73 Å². The Morgan fingerprint density at radius 1 is 1.22 bits per heavy atom. The molecule has 0 fully saturated rings. The van der Waals surface area contributed by atoms with Crippen LogP contribution in [-0.2, 0) is 13.5 Å². The Bertz CT molecular complexity index is 543. The van der Waals surface area contributed by atoms with Gasteiger partial charge >= 0.3 is 0 Å². The highest BCUT2D eigenvalue weighted by molar-refractivity contribution is 6.34. The van der Waals surface area contributed by atoms with Gasteiger partial charge in [-0.3, -0.25) is 4.68 Å². The lowest BCUT2D eigenvalue weighted by Crippen LogP contribution is -2.15. The van der Waals surface area contributed by atoms with Crippen molar-refractivity contribution in [1.29, 1.82) is 0 Å². The Labute approximate surface area is 117 Å². The quantitative estimate of drug-likeness (QED) is 0.940. The molecule has 0 aliphatic rings. The van der Waals surface area contributed by atoms with Crippen LogP contribution in [0.25, 0.3) is 0 Å². The normalized spacial score (nSPS) is 12.7. The van der Waals surface area contributed by atoms with Gasteiger partial charge in [-0.1, -0.05) is 23.2 Å². The van der Waals surface area contributed by atoms with E-state index in [2.05, 4.69) is 5.10 Å². The van der Waals surface area contributed by atoms with E-state index in [-0.39, 0.29) is 6.04 Å². The molecule has 96 valence electrons. The van der Waals surface area contributed by atoms with Gasteiger partial charge in [-0.15, -0.1) is 0 Å². The van der Waals surface area contributed by atoms with Gasteiger partial charge in [0.05, 0.1) is 5.69 Å². The summed E-state index contributed by atoms with van der Waals surface area (Å²) in [5.41, 5.74) is 9.20. The van der Waals surface area contributed by atoms with Gasteiger partial charge < -0.3 is 5.73 Å². The van der Waals surface area contributed by atoms with E-state index < -0.39 is 0 Å². The summed E-state index contributed by atoms with van der Waals surface area (Å²) >= 11 is 12.0. The zero-order chi connectivity index (χ0) is 13.3. The Balaban J connectivity index is 2.21. The minimum absolute atomic E-state index is 0.143. The minimum atomic E-state index is -0.143. The molecule has 5 heteroatoms. The highest BCUT2D eigenvalue weighted by Gasteiger charge is 2.12. The van der Waals surface area contributed by atoms with Crippen LogP contribution in [0.3, 0.4) is 0 Å². The molecule has 0 radical (unpaired) electrons.